The Morgan fingerprint density at radius 3 is 2.41 bits per heavy atom. The second kappa shape index (κ2) is 8.49. The molecule has 17 heavy (non-hydrogen) atoms. The second-order valence-corrected chi connectivity index (χ2v) is 4.96. The van der Waals surface area contributed by atoms with Crippen molar-refractivity contribution in [3.63, 3.8) is 0 Å². The third-order valence-corrected chi connectivity index (χ3v) is 3.56. The Morgan fingerprint density at radius 1 is 1.35 bits per heavy atom. The lowest BCUT2D eigenvalue weighted by molar-refractivity contribution is 0.205. The van der Waals surface area contributed by atoms with E-state index in [4.69, 9.17) is 5.26 Å². The Kier molecular flexibility index (Phi) is 8.20. The largest absolute Gasteiger partial charge is 0.301 e. The van der Waals surface area contributed by atoms with Crippen LogP contribution in [0.3, 0.4) is 0 Å². The van der Waals surface area contributed by atoms with Crippen LogP contribution in [0.5, 0.6) is 0 Å². The van der Waals surface area contributed by atoms with Crippen LogP contribution >= 0.6 is 0 Å². The summed E-state index contributed by atoms with van der Waals surface area (Å²) < 4.78 is 0. The molecule has 0 radical (unpaired) electrons. The molecule has 3 nitrogen and oxygen atoms in total. The predicted octanol–water partition coefficient (Wildman–Crippen LogP) is 2.78. The van der Waals surface area contributed by atoms with Crippen molar-refractivity contribution in [2.75, 3.05) is 19.6 Å². The zero-order chi connectivity index (χ0) is 13.3. The summed E-state index contributed by atoms with van der Waals surface area (Å²) in [6, 6.07) is 3.03. The smallest absolute Gasteiger partial charge is 0.103 e. The van der Waals surface area contributed by atoms with Crippen molar-refractivity contribution in [1.82, 2.24) is 10.2 Å². The molecule has 3 heteroatoms. The lowest BCUT2D eigenvalue weighted by Gasteiger charge is -2.29. The summed E-state index contributed by atoms with van der Waals surface area (Å²) in [6.45, 7) is 13.8. The molecule has 0 aliphatic rings. The minimum atomic E-state index is -0.358. The SMILES string of the molecule is CCNC(C)(C#N)CCCN(CC)C(C)CC. The monoisotopic (exact) mass is 239 g/mol. The molecular formula is C14H29N3. The van der Waals surface area contributed by atoms with Gasteiger partial charge >= 0.3 is 0 Å². The average molecular weight is 239 g/mol. The maximum Gasteiger partial charge on any atom is 0.103 e. The molecule has 0 amide bonds. The number of hydrogen-bond acceptors (Lipinski definition) is 3. The first-order valence-electron chi connectivity index (χ1n) is 6.93. The molecule has 0 aliphatic heterocycles. The Morgan fingerprint density at radius 2 is 2.00 bits per heavy atom. The van der Waals surface area contributed by atoms with Gasteiger partial charge < -0.3 is 4.90 Å². The Labute approximate surface area is 107 Å². The van der Waals surface area contributed by atoms with Gasteiger partial charge in [-0.2, -0.15) is 5.26 Å². The zero-order valence-corrected chi connectivity index (χ0v) is 12.2. The van der Waals surface area contributed by atoms with E-state index in [9.17, 15) is 0 Å². The molecule has 0 aliphatic carbocycles. The average Bonchev–Trinajstić information content (AvgIpc) is 2.34. The summed E-state index contributed by atoms with van der Waals surface area (Å²) in [5, 5.41) is 12.4. The Balaban J connectivity index is 4.07. The van der Waals surface area contributed by atoms with Crippen molar-refractivity contribution in [2.45, 2.75) is 65.5 Å². The molecule has 0 heterocycles. The highest BCUT2D eigenvalue weighted by atomic mass is 15.1. The van der Waals surface area contributed by atoms with E-state index in [2.05, 4.69) is 37.1 Å². The van der Waals surface area contributed by atoms with Crippen LogP contribution in [-0.4, -0.2) is 36.1 Å². The lowest BCUT2D eigenvalue weighted by atomic mass is 9.97. The summed E-state index contributed by atoms with van der Waals surface area (Å²) in [6.07, 6.45) is 3.19. The van der Waals surface area contributed by atoms with Gasteiger partial charge in [-0.15, -0.1) is 0 Å². The molecule has 0 saturated heterocycles. The molecule has 100 valence electrons. The maximum absolute atomic E-state index is 9.17. The third-order valence-electron chi connectivity index (χ3n) is 3.56. The minimum absolute atomic E-state index is 0.358. The zero-order valence-electron chi connectivity index (χ0n) is 12.2. The fourth-order valence-electron chi connectivity index (χ4n) is 2.16. The number of nitrogens with one attached hydrogen (secondary N) is 1. The van der Waals surface area contributed by atoms with E-state index in [1.165, 1.54) is 6.42 Å². The van der Waals surface area contributed by atoms with Crippen LogP contribution in [0.1, 0.15) is 53.9 Å². The van der Waals surface area contributed by atoms with Crippen molar-refractivity contribution in [3.05, 3.63) is 0 Å². The van der Waals surface area contributed by atoms with E-state index < -0.39 is 0 Å². The van der Waals surface area contributed by atoms with Gasteiger partial charge in [-0.1, -0.05) is 20.8 Å². The summed E-state index contributed by atoms with van der Waals surface area (Å²) in [7, 11) is 0. The van der Waals surface area contributed by atoms with Gasteiger partial charge in [0.15, 0.2) is 0 Å². The van der Waals surface area contributed by atoms with Crippen LogP contribution < -0.4 is 5.32 Å². The van der Waals surface area contributed by atoms with E-state index in [-0.39, 0.29) is 5.54 Å². The van der Waals surface area contributed by atoms with Gasteiger partial charge in [0.1, 0.15) is 5.54 Å². The first-order chi connectivity index (χ1) is 8.02. The molecule has 2 unspecified atom stereocenters. The number of rotatable bonds is 9. The Hall–Kier alpha value is -0.590. The lowest BCUT2D eigenvalue weighted by Crippen LogP contribution is -2.42. The minimum Gasteiger partial charge on any atom is -0.301 e. The van der Waals surface area contributed by atoms with Gasteiger partial charge in [-0.05, 0) is 52.7 Å². The normalized spacial score (nSPS) is 16.5. The molecule has 0 aromatic heterocycles. The topological polar surface area (TPSA) is 39.1 Å². The van der Waals surface area contributed by atoms with Crippen LogP contribution in [-0.2, 0) is 0 Å². The number of nitrogens with zero attached hydrogens (tertiary/aromatic N) is 2. The highest BCUT2D eigenvalue weighted by molar-refractivity contribution is 5.03. The quantitative estimate of drug-likeness (QED) is 0.672. The summed E-state index contributed by atoms with van der Waals surface area (Å²) in [5.74, 6) is 0. The molecule has 0 spiro atoms. The molecule has 0 bridgehead atoms. The molecule has 0 aromatic carbocycles. The molecule has 2 atom stereocenters. The first-order valence-corrected chi connectivity index (χ1v) is 6.93. The molecule has 0 rings (SSSR count). The second-order valence-electron chi connectivity index (χ2n) is 4.96. The van der Waals surface area contributed by atoms with E-state index in [1.807, 2.05) is 13.8 Å². The molecule has 1 N–H and O–H groups in total. The predicted molar refractivity (Wildman–Crippen MR) is 73.9 cm³/mol. The summed E-state index contributed by atoms with van der Waals surface area (Å²) in [5.41, 5.74) is -0.358. The van der Waals surface area contributed by atoms with E-state index in [1.54, 1.807) is 0 Å². The molecular weight excluding hydrogens is 210 g/mol. The number of nitriles is 1. The van der Waals surface area contributed by atoms with Gasteiger partial charge in [-0.25, -0.2) is 0 Å². The van der Waals surface area contributed by atoms with Crippen molar-refractivity contribution < 1.29 is 0 Å². The fourth-order valence-corrected chi connectivity index (χ4v) is 2.16. The summed E-state index contributed by atoms with van der Waals surface area (Å²) >= 11 is 0. The molecule has 0 aromatic rings. The standard InChI is InChI=1S/C14H29N3/c1-6-13(4)17(8-3)11-9-10-14(5,12-15)16-7-2/h13,16H,6-11H2,1-5H3. The molecule has 0 saturated carbocycles. The highest BCUT2D eigenvalue weighted by Crippen LogP contribution is 2.13. The van der Waals surface area contributed by atoms with Gasteiger partial charge in [0.2, 0.25) is 0 Å². The van der Waals surface area contributed by atoms with Crippen molar-refractivity contribution >= 4 is 0 Å². The third kappa shape index (κ3) is 6.05. The van der Waals surface area contributed by atoms with Crippen LogP contribution in [0, 0.1) is 11.3 Å². The maximum atomic E-state index is 9.17. The first kappa shape index (κ1) is 16.4. The summed E-state index contributed by atoms with van der Waals surface area (Å²) in [4.78, 5) is 2.49. The van der Waals surface area contributed by atoms with E-state index >= 15 is 0 Å². The van der Waals surface area contributed by atoms with Gasteiger partial charge in [0.25, 0.3) is 0 Å². The van der Waals surface area contributed by atoms with Crippen LogP contribution in [0.15, 0.2) is 0 Å². The van der Waals surface area contributed by atoms with Gasteiger partial charge in [-0.3, -0.25) is 5.32 Å². The molecule has 0 fully saturated rings. The van der Waals surface area contributed by atoms with Crippen molar-refractivity contribution in [2.24, 2.45) is 0 Å². The van der Waals surface area contributed by atoms with Crippen LogP contribution in [0.25, 0.3) is 0 Å². The van der Waals surface area contributed by atoms with E-state index in [0.717, 1.165) is 32.5 Å². The van der Waals surface area contributed by atoms with Crippen LogP contribution in [0.4, 0.5) is 0 Å². The highest BCUT2D eigenvalue weighted by Gasteiger charge is 2.22. The van der Waals surface area contributed by atoms with E-state index in [0.29, 0.717) is 6.04 Å². The number of hydrogen-bond donors (Lipinski definition) is 1. The van der Waals surface area contributed by atoms with Gasteiger partial charge in [0.05, 0.1) is 6.07 Å². The van der Waals surface area contributed by atoms with Crippen molar-refractivity contribution in [1.29, 1.82) is 5.26 Å². The Bertz CT molecular complexity index is 234. The van der Waals surface area contributed by atoms with Crippen LogP contribution in [0.2, 0.25) is 0 Å². The van der Waals surface area contributed by atoms with Crippen molar-refractivity contribution in [3.8, 4) is 6.07 Å². The van der Waals surface area contributed by atoms with Gasteiger partial charge in [0, 0.05) is 6.04 Å². The fraction of sp³-hybridized carbons (Fsp3) is 0.929.